The van der Waals surface area contributed by atoms with E-state index in [2.05, 4.69) is 25.1 Å². The number of benzene rings is 1. The molecular weight excluding hydrogens is 182 g/mol. The number of aryl methyl sites for hydroxylation is 1. The van der Waals surface area contributed by atoms with E-state index in [0.29, 0.717) is 5.56 Å². The van der Waals surface area contributed by atoms with E-state index in [1.807, 2.05) is 12.1 Å². The predicted molar refractivity (Wildman–Crippen MR) is 62.5 cm³/mol. The summed E-state index contributed by atoms with van der Waals surface area (Å²) >= 11 is 0. The zero-order valence-corrected chi connectivity index (χ0v) is 9.42. The second kappa shape index (κ2) is 7.06. The van der Waals surface area contributed by atoms with Crippen LogP contribution in [-0.2, 0) is 6.42 Å². The Morgan fingerprint density at radius 3 is 2.80 bits per heavy atom. The standard InChI is InChI=1S/C14H18N/c1-2-3-4-5-6-8-13-9-7-10-14(11-13)12-15/h7,9,11H,2-6,8H2,1H3. The molecule has 0 spiro atoms. The normalized spacial score (nSPS) is 9.87. The Morgan fingerprint density at radius 1 is 1.27 bits per heavy atom. The Morgan fingerprint density at radius 2 is 2.07 bits per heavy atom. The van der Waals surface area contributed by atoms with E-state index in [0.717, 1.165) is 6.42 Å². The minimum absolute atomic E-state index is 0.654. The second-order valence-corrected chi connectivity index (χ2v) is 3.89. The van der Waals surface area contributed by atoms with Gasteiger partial charge in [0, 0.05) is 6.07 Å². The number of unbranched alkanes of at least 4 members (excludes halogenated alkanes) is 4. The van der Waals surface area contributed by atoms with Crippen molar-refractivity contribution in [2.45, 2.75) is 45.4 Å². The van der Waals surface area contributed by atoms with Crippen LogP contribution in [0.2, 0.25) is 0 Å². The second-order valence-electron chi connectivity index (χ2n) is 3.89. The molecule has 0 saturated carbocycles. The molecule has 1 aromatic carbocycles. The summed E-state index contributed by atoms with van der Waals surface area (Å²) < 4.78 is 0. The SMILES string of the molecule is CCCCCCCc1cc[c]c(C#N)c1. The van der Waals surface area contributed by atoms with Crippen molar-refractivity contribution >= 4 is 0 Å². The number of hydrogen-bond donors (Lipinski definition) is 0. The number of rotatable bonds is 6. The zero-order chi connectivity index (χ0) is 10.9. The molecule has 1 radical (unpaired) electrons. The quantitative estimate of drug-likeness (QED) is 0.639. The molecule has 0 fully saturated rings. The summed E-state index contributed by atoms with van der Waals surface area (Å²) in [6.45, 7) is 2.23. The number of hydrogen-bond acceptors (Lipinski definition) is 1. The fourth-order valence-corrected chi connectivity index (χ4v) is 1.67. The van der Waals surface area contributed by atoms with Gasteiger partial charge in [-0.2, -0.15) is 5.26 Å². The highest BCUT2D eigenvalue weighted by Crippen LogP contribution is 2.10. The lowest BCUT2D eigenvalue weighted by atomic mass is 10.0. The maximum absolute atomic E-state index is 8.72. The molecule has 1 rings (SSSR count). The first-order chi connectivity index (χ1) is 7.36. The Kier molecular flexibility index (Phi) is 5.55. The van der Waals surface area contributed by atoms with Crippen LogP contribution >= 0.6 is 0 Å². The fraction of sp³-hybridized carbons (Fsp3) is 0.500. The van der Waals surface area contributed by atoms with Crippen LogP contribution in [0.4, 0.5) is 0 Å². The van der Waals surface area contributed by atoms with Crippen LogP contribution in [-0.4, -0.2) is 0 Å². The lowest BCUT2D eigenvalue weighted by Crippen LogP contribution is -1.87. The average Bonchev–Trinajstić information content (AvgIpc) is 2.29. The maximum atomic E-state index is 8.72. The van der Waals surface area contributed by atoms with Crippen molar-refractivity contribution in [2.75, 3.05) is 0 Å². The topological polar surface area (TPSA) is 23.8 Å². The van der Waals surface area contributed by atoms with Crippen molar-refractivity contribution in [1.82, 2.24) is 0 Å². The predicted octanol–water partition coefficient (Wildman–Crippen LogP) is 3.87. The first kappa shape index (κ1) is 11.8. The lowest BCUT2D eigenvalue weighted by molar-refractivity contribution is 0.632. The summed E-state index contributed by atoms with van der Waals surface area (Å²) in [5.41, 5.74) is 1.92. The largest absolute Gasteiger partial charge is 0.192 e. The van der Waals surface area contributed by atoms with Gasteiger partial charge in [-0.3, -0.25) is 0 Å². The van der Waals surface area contributed by atoms with Crippen molar-refractivity contribution in [3.05, 3.63) is 35.4 Å². The Balaban J connectivity index is 2.28. The van der Waals surface area contributed by atoms with E-state index >= 15 is 0 Å². The third kappa shape index (κ3) is 4.65. The van der Waals surface area contributed by atoms with Crippen molar-refractivity contribution in [3.63, 3.8) is 0 Å². The molecule has 0 N–H and O–H groups in total. The highest BCUT2D eigenvalue weighted by Gasteiger charge is 1.95. The summed E-state index contributed by atoms with van der Waals surface area (Å²) in [4.78, 5) is 0. The summed E-state index contributed by atoms with van der Waals surface area (Å²) in [5, 5.41) is 8.72. The highest BCUT2D eigenvalue weighted by atomic mass is 14.2. The number of nitriles is 1. The molecule has 79 valence electrons. The van der Waals surface area contributed by atoms with Crippen LogP contribution in [0.5, 0.6) is 0 Å². The highest BCUT2D eigenvalue weighted by molar-refractivity contribution is 5.31. The van der Waals surface area contributed by atoms with Crippen LogP contribution in [0, 0.1) is 17.4 Å². The molecule has 0 aliphatic carbocycles. The molecule has 0 aromatic heterocycles. The van der Waals surface area contributed by atoms with Crippen LogP contribution in [0.1, 0.15) is 50.2 Å². The van der Waals surface area contributed by atoms with Crippen molar-refractivity contribution in [3.8, 4) is 6.07 Å². The van der Waals surface area contributed by atoms with Crippen molar-refractivity contribution in [1.29, 1.82) is 5.26 Å². The fourth-order valence-electron chi connectivity index (χ4n) is 1.67. The monoisotopic (exact) mass is 200 g/mol. The van der Waals surface area contributed by atoms with E-state index in [1.165, 1.54) is 37.7 Å². The minimum atomic E-state index is 0.654. The summed E-state index contributed by atoms with van der Waals surface area (Å²) in [7, 11) is 0. The molecule has 0 atom stereocenters. The van der Waals surface area contributed by atoms with Gasteiger partial charge in [-0.15, -0.1) is 0 Å². The first-order valence-corrected chi connectivity index (χ1v) is 5.77. The number of nitrogens with zero attached hydrogens (tertiary/aromatic N) is 1. The maximum Gasteiger partial charge on any atom is 0.0998 e. The van der Waals surface area contributed by atoms with Gasteiger partial charge in [0.15, 0.2) is 0 Å². The molecule has 15 heavy (non-hydrogen) atoms. The molecule has 1 heteroatoms. The van der Waals surface area contributed by atoms with Gasteiger partial charge in [0.05, 0.1) is 11.6 Å². The van der Waals surface area contributed by atoms with E-state index in [-0.39, 0.29) is 0 Å². The average molecular weight is 200 g/mol. The van der Waals surface area contributed by atoms with Gasteiger partial charge >= 0.3 is 0 Å². The van der Waals surface area contributed by atoms with Gasteiger partial charge < -0.3 is 0 Å². The third-order valence-corrected chi connectivity index (χ3v) is 2.56. The minimum Gasteiger partial charge on any atom is -0.192 e. The van der Waals surface area contributed by atoms with Gasteiger partial charge in [-0.25, -0.2) is 0 Å². The molecule has 0 aliphatic heterocycles. The van der Waals surface area contributed by atoms with Crippen LogP contribution in [0.25, 0.3) is 0 Å². The van der Waals surface area contributed by atoms with Gasteiger partial charge in [-0.05, 0) is 24.5 Å². The Bertz CT molecular complexity index is 322. The molecule has 0 saturated heterocycles. The van der Waals surface area contributed by atoms with Gasteiger partial charge in [0.25, 0.3) is 0 Å². The van der Waals surface area contributed by atoms with Crippen LogP contribution in [0.3, 0.4) is 0 Å². The molecule has 0 heterocycles. The summed E-state index contributed by atoms with van der Waals surface area (Å²) in [5.74, 6) is 0. The molecule has 0 amide bonds. The van der Waals surface area contributed by atoms with Crippen LogP contribution in [0.15, 0.2) is 18.2 Å². The molecule has 1 nitrogen and oxygen atoms in total. The third-order valence-electron chi connectivity index (χ3n) is 2.56. The summed E-state index contributed by atoms with van der Waals surface area (Å²) in [6.07, 6.45) is 7.59. The smallest absolute Gasteiger partial charge is 0.0998 e. The molecular formula is C14H18N. The van der Waals surface area contributed by atoms with Crippen molar-refractivity contribution in [2.24, 2.45) is 0 Å². The molecule has 0 aliphatic rings. The van der Waals surface area contributed by atoms with Gasteiger partial charge in [-0.1, -0.05) is 44.7 Å². The van der Waals surface area contributed by atoms with Crippen molar-refractivity contribution < 1.29 is 0 Å². The van der Waals surface area contributed by atoms with E-state index in [1.54, 1.807) is 0 Å². The molecule has 0 unspecified atom stereocenters. The summed E-state index contributed by atoms with van der Waals surface area (Å²) in [6, 6.07) is 10.9. The Labute approximate surface area is 92.7 Å². The molecule has 0 bridgehead atoms. The zero-order valence-electron chi connectivity index (χ0n) is 9.42. The Hall–Kier alpha value is -1.29. The van der Waals surface area contributed by atoms with E-state index < -0.39 is 0 Å². The van der Waals surface area contributed by atoms with Crippen LogP contribution < -0.4 is 0 Å². The van der Waals surface area contributed by atoms with Gasteiger partial charge in [0.1, 0.15) is 0 Å². The van der Waals surface area contributed by atoms with Gasteiger partial charge in [0.2, 0.25) is 0 Å². The first-order valence-electron chi connectivity index (χ1n) is 5.77. The van der Waals surface area contributed by atoms with E-state index in [9.17, 15) is 0 Å². The lowest BCUT2D eigenvalue weighted by Gasteiger charge is -2.01. The molecule has 1 aromatic rings. The van der Waals surface area contributed by atoms with E-state index in [4.69, 9.17) is 5.26 Å².